The Bertz CT molecular complexity index is 572. The number of anilines is 1. The molecule has 19 heavy (non-hydrogen) atoms. The minimum Gasteiger partial charge on any atom is -0.490 e. The van der Waals surface area contributed by atoms with Crippen molar-refractivity contribution in [3.63, 3.8) is 0 Å². The maximum Gasteiger partial charge on any atom is 0.122 e. The SMILES string of the molecule is Cc1cc(Br)ccc1OCC(O)c1ccccc1N. The smallest absolute Gasteiger partial charge is 0.122 e. The zero-order valence-electron chi connectivity index (χ0n) is 10.6. The molecule has 2 aromatic rings. The molecule has 3 nitrogen and oxygen atoms in total. The van der Waals surface area contributed by atoms with Crippen LogP contribution in [0, 0.1) is 6.92 Å². The third-order valence-electron chi connectivity index (χ3n) is 2.89. The van der Waals surface area contributed by atoms with Gasteiger partial charge in [-0.1, -0.05) is 34.1 Å². The lowest BCUT2D eigenvalue weighted by Crippen LogP contribution is -2.12. The van der Waals surface area contributed by atoms with Crippen LogP contribution < -0.4 is 10.5 Å². The molecule has 0 saturated heterocycles. The highest BCUT2D eigenvalue weighted by Gasteiger charge is 2.12. The van der Waals surface area contributed by atoms with Gasteiger partial charge in [-0.05, 0) is 36.8 Å². The van der Waals surface area contributed by atoms with Gasteiger partial charge >= 0.3 is 0 Å². The molecule has 0 radical (unpaired) electrons. The molecule has 0 heterocycles. The van der Waals surface area contributed by atoms with Crippen LogP contribution in [0.2, 0.25) is 0 Å². The van der Waals surface area contributed by atoms with Crippen LogP contribution in [0.5, 0.6) is 5.75 Å². The molecule has 1 unspecified atom stereocenters. The standard InChI is InChI=1S/C15H16BrNO2/c1-10-8-11(16)6-7-15(10)19-9-14(18)12-4-2-3-5-13(12)17/h2-8,14,18H,9,17H2,1H3. The van der Waals surface area contributed by atoms with E-state index in [1.807, 2.05) is 37.3 Å². The molecule has 0 aromatic heterocycles. The van der Waals surface area contributed by atoms with E-state index in [0.29, 0.717) is 11.3 Å². The van der Waals surface area contributed by atoms with Crippen LogP contribution in [0.3, 0.4) is 0 Å². The number of benzene rings is 2. The summed E-state index contributed by atoms with van der Waals surface area (Å²) in [6.45, 7) is 2.14. The lowest BCUT2D eigenvalue weighted by Gasteiger charge is -2.15. The summed E-state index contributed by atoms with van der Waals surface area (Å²) in [6.07, 6.45) is -0.732. The predicted octanol–water partition coefficient (Wildman–Crippen LogP) is 3.45. The summed E-state index contributed by atoms with van der Waals surface area (Å²) in [7, 11) is 0. The summed E-state index contributed by atoms with van der Waals surface area (Å²) < 4.78 is 6.64. The number of para-hydroxylation sites is 1. The Labute approximate surface area is 121 Å². The number of aliphatic hydroxyl groups excluding tert-OH is 1. The van der Waals surface area contributed by atoms with Gasteiger partial charge in [-0.15, -0.1) is 0 Å². The fourth-order valence-corrected chi connectivity index (χ4v) is 2.32. The van der Waals surface area contributed by atoms with Crippen LogP contribution in [0.4, 0.5) is 5.69 Å². The number of ether oxygens (including phenoxy) is 1. The van der Waals surface area contributed by atoms with E-state index < -0.39 is 6.10 Å². The lowest BCUT2D eigenvalue weighted by molar-refractivity contribution is 0.108. The molecule has 0 aliphatic carbocycles. The third kappa shape index (κ3) is 3.49. The van der Waals surface area contributed by atoms with Gasteiger partial charge < -0.3 is 15.6 Å². The molecule has 0 fully saturated rings. The molecule has 0 amide bonds. The summed E-state index contributed by atoms with van der Waals surface area (Å²) in [5.41, 5.74) is 8.10. The second kappa shape index (κ2) is 6.08. The van der Waals surface area contributed by atoms with Gasteiger partial charge in [0, 0.05) is 15.7 Å². The van der Waals surface area contributed by atoms with Crippen LogP contribution in [-0.2, 0) is 0 Å². The number of aliphatic hydroxyl groups is 1. The van der Waals surface area contributed by atoms with Crippen molar-refractivity contribution in [1.82, 2.24) is 0 Å². The number of hydrogen-bond acceptors (Lipinski definition) is 3. The van der Waals surface area contributed by atoms with E-state index in [2.05, 4.69) is 15.9 Å². The van der Waals surface area contributed by atoms with Crippen LogP contribution in [0.25, 0.3) is 0 Å². The second-order valence-electron chi connectivity index (χ2n) is 4.37. The minimum atomic E-state index is -0.732. The molecule has 0 saturated carbocycles. The first-order chi connectivity index (χ1) is 9.08. The van der Waals surface area contributed by atoms with Crippen molar-refractivity contribution in [1.29, 1.82) is 0 Å². The summed E-state index contributed by atoms with van der Waals surface area (Å²) in [5, 5.41) is 10.1. The Kier molecular flexibility index (Phi) is 4.45. The van der Waals surface area contributed by atoms with Gasteiger partial charge in [0.1, 0.15) is 18.5 Å². The van der Waals surface area contributed by atoms with Crippen molar-refractivity contribution in [3.8, 4) is 5.75 Å². The van der Waals surface area contributed by atoms with Crippen LogP contribution in [-0.4, -0.2) is 11.7 Å². The molecule has 100 valence electrons. The number of hydrogen-bond donors (Lipinski definition) is 2. The predicted molar refractivity (Wildman–Crippen MR) is 80.2 cm³/mol. The molecular formula is C15H16BrNO2. The van der Waals surface area contributed by atoms with Crippen LogP contribution in [0.15, 0.2) is 46.9 Å². The summed E-state index contributed by atoms with van der Waals surface area (Å²) >= 11 is 3.40. The fourth-order valence-electron chi connectivity index (χ4n) is 1.85. The van der Waals surface area contributed by atoms with Crippen molar-refractivity contribution in [2.24, 2.45) is 0 Å². The average molecular weight is 322 g/mol. The molecule has 2 rings (SSSR count). The quantitative estimate of drug-likeness (QED) is 0.848. The molecule has 0 aliphatic rings. The number of nitrogens with two attached hydrogens (primary N) is 1. The first-order valence-electron chi connectivity index (χ1n) is 5.99. The van der Waals surface area contributed by atoms with Crippen molar-refractivity contribution in [2.45, 2.75) is 13.0 Å². The van der Waals surface area contributed by atoms with Gasteiger partial charge in [0.25, 0.3) is 0 Å². The number of rotatable bonds is 4. The van der Waals surface area contributed by atoms with E-state index in [1.54, 1.807) is 12.1 Å². The lowest BCUT2D eigenvalue weighted by atomic mass is 10.1. The molecular weight excluding hydrogens is 306 g/mol. The van der Waals surface area contributed by atoms with Crippen molar-refractivity contribution in [3.05, 3.63) is 58.1 Å². The zero-order chi connectivity index (χ0) is 13.8. The Hall–Kier alpha value is -1.52. The maximum atomic E-state index is 10.1. The van der Waals surface area contributed by atoms with Crippen molar-refractivity contribution in [2.75, 3.05) is 12.3 Å². The van der Waals surface area contributed by atoms with E-state index in [9.17, 15) is 5.11 Å². The normalized spacial score (nSPS) is 12.2. The number of aryl methyl sites for hydroxylation is 1. The van der Waals surface area contributed by atoms with Crippen LogP contribution >= 0.6 is 15.9 Å². The summed E-state index contributed by atoms with van der Waals surface area (Å²) in [5.74, 6) is 0.761. The fraction of sp³-hybridized carbons (Fsp3) is 0.200. The highest BCUT2D eigenvalue weighted by Crippen LogP contribution is 2.25. The van der Waals surface area contributed by atoms with Gasteiger partial charge in [-0.25, -0.2) is 0 Å². The number of halogens is 1. The van der Waals surface area contributed by atoms with E-state index in [4.69, 9.17) is 10.5 Å². The highest BCUT2D eigenvalue weighted by atomic mass is 79.9. The molecule has 1 atom stereocenters. The minimum absolute atomic E-state index is 0.177. The largest absolute Gasteiger partial charge is 0.490 e. The molecule has 2 aromatic carbocycles. The summed E-state index contributed by atoms with van der Waals surface area (Å²) in [6, 6.07) is 13.0. The van der Waals surface area contributed by atoms with Gasteiger partial charge in [0.05, 0.1) is 0 Å². The molecule has 3 N–H and O–H groups in total. The van der Waals surface area contributed by atoms with Gasteiger partial charge in [-0.2, -0.15) is 0 Å². The van der Waals surface area contributed by atoms with E-state index in [0.717, 1.165) is 15.8 Å². The molecule has 4 heteroatoms. The van der Waals surface area contributed by atoms with Crippen molar-refractivity contribution < 1.29 is 9.84 Å². The molecule has 0 bridgehead atoms. The maximum absolute atomic E-state index is 10.1. The Morgan fingerprint density at radius 1 is 1.26 bits per heavy atom. The monoisotopic (exact) mass is 321 g/mol. The molecule has 0 spiro atoms. The average Bonchev–Trinajstić information content (AvgIpc) is 2.38. The Morgan fingerprint density at radius 3 is 2.68 bits per heavy atom. The Balaban J connectivity index is 2.04. The van der Waals surface area contributed by atoms with Gasteiger partial charge in [-0.3, -0.25) is 0 Å². The van der Waals surface area contributed by atoms with Gasteiger partial charge in [0.15, 0.2) is 0 Å². The first kappa shape index (κ1) is 13.9. The first-order valence-corrected chi connectivity index (χ1v) is 6.78. The van der Waals surface area contributed by atoms with Crippen LogP contribution in [0.1, 0.15) is 17.2 Å². The summed E-state index contributed by atoms with van der Waals surface area (Å²) in [4.78, 5) is 0. The van der Waals surface area contributed by atoms with E-state index in [1.165, 1.54) is 0 Å². The highest BCUT2D eigenvalue weighted by molar-refractivity contribution is 9.10. The van der Waals surface area contributed by atoms with E-state index in [-0.39, 0.29) is 6.61 Å². The third-order valence-corrected chi connectivity index (χ3v) is 3.38. The second-order valence-corrected chi connectivity index (χ2v) is 5.28. The van der Waals surface area contributed by atoms with E-state index >= 15 is 0 Å². The topological polar surface area (TPSA) is 55.5 Å². The molecule has 0 aliphatic heterocycles. The van der Waals surface area contributed by atoms with Crippen molar-refractivity contribution >= 4 is 21.6 Å². The number of nitrogen functional groups attached to an aromatic ring is 1. The Morgan fingerprint density at radius 2 is 2.00 bits per heavy atom. The zero-order valence-corrected chi connectivity index (χ0v) is 12.2. The van der Waals surface area contributed by atoms with Gasteiger partial charge in [0.2, 0.25) is 0 Å².